The zero-order valence-corrected chi connectivity index (χ0v) is 17.8. The Balaban J connectivity index is 1.89. The minimum atomic E-state index is -4.31. The summed E-state index contributed by atoms with van der Waals surface area (Å²) >= 11 is 5.85. The molecule has 0 fully saturated rings. The van der Waals surface area contributed by atoms with E-state index < -0.39 is 41.3 Å². The number of rotatable bonds is 7. The molecule has 13 heteroatoms. The highest BCUT2D eigenvalue weighted by Gasteiger charge is 2.22. The molecule has 3 rings (SSSR count). The molecule has 10 nitrogen and oxygen atoms in total. The number of nitrogens with zero attached hydrogens (tertiary/aromatic N) is 1. The van der Waals surface area contributed by atoms with Gasteiger partial charge in [-0.2, -0.15) is 0 Å². The normalized spacial score (nSPS) is 11.6. The van der Waals surface area contributed by atoms with E-state index in [-0.39, 0.29) is 16.3 Å². The molecule has 0 spiro atoms. The summed E-state index contributed by atoms with van der Waals surface area (Å²) in [5.41, 5.74) is -0.662. The van der Waals surface area contributed by atoms with Gasteiger partial charge in [0.2, 0.25) is 0 Å². The lowest BCUT2D eigenvalue weighted by Gasteiger charge is -2.11. The molecule has 0 radical (unpaired) electrons. The second-order valence-corrected chi connectivity index (χ2v) is 9.96. The van der Waals surface area contributed by atoms with E-state index in [2.05, 4.69) is 9.44 Å². The average molecular weight is 484 g/mol. The van der Waals surface area contributed by atoms with Crippen LogP contribution in [0.4, 0.5) is 17.1 Å². The number of phenolic OH excluding ortho intramolecular Hbond substituents is 1. The number of benzene rings is 3. The Hall–Kier alpha value is -3.35. The zero-order chi connectivity index (χ0) is 22.8. The Morgan fingerprint density at radius 1 is 0.806 bits per heavy atom. The molecule has 0 atom stereocenters. The third-order valence-corrected chi connectivity index (χ3v) is 6.92. The van der Waals surface area contributed by atoms with Crippen LogP contribution in [0.2, 0.25) is 5.02 Å². The first-order valence-electron chi connectivity index (χ1n) is 8.37. The van der Waals surface area contributed by atoms with Gasteiger partial charge in [0.1, 0.15) is 0 Å². The molecule has 0 bridgehead atoms. The molecule has 0 saturated heterocycles. The summed E-state index contributed by atoms with van der Waals surface area (Å²) in [5, 5.41) is 20.7. The van der Waals surface area contributed by atoms with Gasteiger partial charge in [-0.15, -0.1) is 0 Å². The van der Waals surface area contributed by atoms with E-state index in [1.807, 2.05) is 0 Å². The second-order valence-electron chi connectivity index (χ2n) is 6.16. The highest BCUT2D eigenvalue weighted by molar-refractivity contribution is 7.93. The molecule has 0 aliphatic carbocycles. The van der Waals surface area contributed by atoms with Crippen LogP contribution in [-0.4, -0.2) is 26.9 Å². The van der Waals surface area contributed by atoms with Crippen LogP contribution >= 0.6 is 11.6 Å². The largest absolute Gasteiger partial charge is 0.502 e. The van der Waals surface area contributed by atoms with Gasteiger partial charge in [-0.3, -0.25) is 19.6 Å². The monoisotopic (exact) mass is 483 g/mol. The fourth-order valence-corrected chi connectivity index (χ4v) is 4.88. The first kappa shape index (κ1) is 22.3. The molecule has 0 aliphatic rings. The van der Waals surface area contributed by atoms with E-state index in [0.717, 1.165) is 18.2 Å². The van der Waals surface area contributed by atoms with Gasteiger partial charge >= 0.3 is 5.69 Å². The van der Waals surface area contributed by atoms with Crippen LogP contribution in [0.15, 0.2) is 76.5 Å². The lowest BCUT2D eigenvalue weighted by molar-refractivity contribution is -0.386. The van der Waals surface area contributed by atoms with E-state index in [9.17, 15) is 32.1 Å². The van der Waals surface area contributed by atoms with E-state index in [1.165, 1.54) is 30.3 Å². The maximum absolute atomic E-state index is 12.6. The van der Waals surface area contributed by atoms with Crippen molar-refractivity contribution in [2.24, 2.45) is 0 Å². The SMILES string of the molecule is O=[N+]([O-])c1cc(S(=O)(=O)Nc2cccc(S(=O)(=O)Nc3cccc(Cl)c3)c2)ccc1O. The summed E-state index contributed by atoms with van der Waals surface area (Å²) in [4.78, 5) is 9.29. The first-order chi connectivity index (χ1) is 14.5. The van der Waals surface area contributed by atoms with Crippen molar-refractivity contribution in [3.8, 4) is 5.75 Å². The average Bonchev–Trinajstić information content (AvgIpc) is 2.67. The molecule has 0 aromatic heterocycles. The van der Waals surface area contributed by atoms with Crippen molar-refractivity contribution in [3.05, 3.63) is 81.9 Å². The molecule has 31 heavy (non-hydrogen) atoms. The Kier molecular flexibility index (Phi) is 6.06. The molecule has 0 heterocycles. The number of anilines is 2. The van der Waals surface area contributed by atoms with Crippen molar-refractivity contribution in [1.82, 2.24) is 0 Å². The summed E-state index contributed by atoms with van der Waals surface area (Å²) in [6.45, 7) is 0. The maximum Gasteiger partial charge on any atom is 0.312 e. The van der Waals surface area contributed by atoms with Crippen molar-refractivity contribution in [3.63, 3.8) is 0 Å². The van der Waals surface area contributed by atoms with Gasteiger partial charge in [-0.1, -0.05) is 23.7 Å². The predicted octanol–water partition coefficient (Wildman–Crippen LogP) is 3.56. The lowest BCUT2D eigenvalue weighted by atomic mass is 10.3. The van der Waals surface area contributed by atoms with E-state index in [1.54, 1.807) is 12.1 Å². The van der Waals surface area contributed by atoms with Gasteiger partial charge in [0.25, 0.3) is 20.0 Å². The van der Waals surface area contributed by atoms with E-state index in [0.29, 0.717) is 11.1 Å². The standard InChI is InChI=1S/C18H14ClN3O7S2/c19-12-3-1-4-13(9-12)20-30(26,27)15-6-2-5-14(10-15)21-31(28,29)16-7-8-18(23)17(11-16)22(24)25/h1-11,20-21,23H. The van der Waals surface area contributed by atoms with Crippen LogP contribution in [0.25, 0.3) is 0 Å². The van der Waals surface area contributed by atoms with Crippen molar-refractivity contribution < 1.29 is 26.9 Å². The maximum atomic E-state index is 12.6. The quantitative estimate of drug-likeness (QED) is 0.342. The first-order valence-corrected chi connectivity index (χ1v) is 11.7. The Bertz CT molecular complexity index is 1380. The van der Waals surface area contributed by atoms with E-state index >= 15 is 0 Å². The number of aromatic hydroxyl groups is 1. The summed E-state index contributed by atoms with van der Waals surface area (Å²) < 4.78 is 54.9. The van der Waals surface area contributed by atoms with Gasteiger partial charge < -0.3 is 5.11 Å². The Morgan fingerprint density at radius 3 is 1.94 bits per heavy atom. The smallest absolute Gasteiger partial charge is 0.312 e. The fraction of sp³-hybridized carbons (Fsp3) is 0. The predicted molar refractivity (Wildman–Crippen MR) is 114 cm³/mol. The van der Waals surface area contributed by atoms with Crippen LogP contribution in [0.3, 0.4) is 0 Å². The molecule has 3 N–H and O–H groups in total. The van der Waals surface area contributed by atoms with Gasteiger partial charge in [0.15, 0.2) is 5.75 Å². The number of phenols is 1. The highest BCUT2D eigenvalue weighted by Crippen LogP contribution is 2.29. The van der Waals surface area contributed by atoms with Gasteiger partial charge in [0.05, 0.1) is 26.1 Å². The number of nitro benzene ring substituents is 1. The fourth-order valence-electron chi connectivity index (χ4n) is 2.52. The summed E-state index contributed by atoms with van der Waals surface area (Å²) in [6, 6.07) is 13.6. The molecule has 0 saturated carbocycles. The van der Waals surface area contributed by atoms with Crippen molar-refractivity contribution in [1.29, 1.82) is 0 Å². The van der Waals surface area contributed by atoms with Crippen LogP contribution < -0.4 is 9.44 Å². The van der Waals surface area contributed by atoms with Crippen LogP contribution in [0, 0.1) is 10.1 Å². The zero-order valence-electron chi connectivity index (χ0n) is 15.4. The highest BCUT2D eigenvalue weighted by atomic mass is 35.5. The molecular formula is C18H14ClN3O7S2. The molecule has 3 aromatic carbocycles. The van der Waals surface area contributed by atoms with Gasteiger partial charge in [-0.25, -0.2) is 16.8 Å². The number of nitrogens with one attached hydrogen (secondary N) is 2. The topological polar surface area (TPSA) is 156 Å². The number of hydrogen-bond acceptors (Lipinski definition) is 7. The molecule has 0 aliphatic heterocycles. The minimum Gasteiger partial charge on any atom is -0.502 e. The molecular weight excluding hydrogens is 470 g/mol. The van der Waals surface area contributed by atoms with Crippen LogP contribution in [0.5, 0.6) is 5.75 Å². The Morgan fingerprint density at radius 2 is 1.35 bits per heavy atom. The molecule has 3 aromatic rings. The lowest BCUT2D eigenvalue weighted by Crippen LogP contribution is -2.15. The molecule has 162 valence electrons. The minimum absolute atomic E-state index is 0.0929. The van der Waals surface area contributed by atoms with E-state index in [4.69, 9.17) is 11.6 Å². The van der Waals surface area contributed by atoms with Crippen LogP contribution in [0.1, 0.15) is 0 Å². The third kappa shape index (κ3) is 5.23. The molecule has 0 unspecified atom stereocenters. The van der Waals surface area contributed by atoms with Crippen molar-refractivity contribution in [2.75, 3.05) is 9.44 Å². The summed E-state index contributed by atoms with van der Waals surface area (Å²) in [5.74, 6) is -0.691. The molecule has 0 amide bonds. The number of nitro groups is 1. The van der Waals surface area contributed by atoms with Crippen molar-refractivity contribution >= 4 is 48.7 Å². The van der Waals surface area contributed by atoms with Crippen LogP contribution in [-0.2, 0) is 20.0 Å². The second kappa shape index (κ2) is 8.41. The summed E-state index contributed by atoms with van der Waals surface area (Å²) in [6.07, 6.45) is 0. The van der Waals surface area contributed by atoms with Crippen molar-refractivity contribution in [2.45, 2.75) is 9.79 Å². The van der Waals surface area contributed by atoms with Gasteiger partial charge in [0, 0.05) is 11.1 Å². The summed E-state index contributed by atoms with van der Waals surface area (Å²) in [7, 11) is -8.37. The number of sulfonamides is 2. The Labute approximate surface area is 182 Å². The number of hydrogen-bond donors (Lipinski definition) is 3. The third-order valence-electron chi connectivity index (χ3n) is 3.93. The number of halogens is 1. The van der Waals surface area contributed by atoms with Gasteiger partial charge in [-0.05, 0) is 48.5 Å².